The first kappa shape index (κ1) is 11.5. The van der Waals surface area contributed by atoms with E-state index in [1.165, 1.54) is 0 Å². The van der Waals surface area contributed by atoms with E-state index in [0.717, 1.165) is 0 Å². The molecule has 4 N–H and O–H groups in total. The topological polar surface area (TPSA) is 89.8 Å². The second-order valence-corrected chi connectivity index (χ2v) is 3.09. The Labute approximate surface area is 87.0 Å². The first-order chi connectivity index (χ1) is 7.09. The van der Waals surface area contributed by atoms with Crippen LogP contribution in [0.25, 0.3) is 0 Å². The molecule has 0 saturated carbocycles. The molecule has 0 saturated heterocycles. The average molecular weight is 211 g/mol. The zero-order valence-corrected chi connectivity index (χ0v) is 8.05. The number of carboxylic acid groups (broad SMARTS) is 1. The summed E-state index contributed by atoms with van der Waals surface area (Å²) in [5.41, 5.74) is 1.28. The van der Waals surface area contributed by atoms with Gasteiger partial charge in [0.15, 0.2) is 6.29 Å². The molecule has 0 amide bonds. The summed E-state index contributed by atoms with van der Waals surface area (Å²) < 4.78 is 0. The standard InChI is InChI=1S/C10H13NO4/c12-9(13)5-7-3-1-2-4-8(7)11-6-10(14)15/h1-4,9,11-13H,5-6H2,(H,14,15). The van der Waals surface area contributed by atoms with E-state index in [0.29, 0.717) is 11.3 Å². The molecule has 0 fully saturated rings. The molecule has 0 atom stereocenters. The molecule has 0 aromatic heterocycles. The Morgan fingerprint density at radius 2 is 2.00 bits per heavy atom. The number of aliphatic hydroxyl groups is 2. The van der Waals surface area contributed by atoms with Crippen molar-refractivity contribution in [1.29, 1.82) is 0 Å². The summed E-state index contributed by atoms with van der Waals surface area (Å²) in [5.74, 6) is -0.964. The maximum absolute atomic E-state index is 10.3. The minimum Gasteiger partial charge on any atom is -0.480 e. The Hall–Kier alpha value is -1.59. The van der Waals surface area contributed by atoms with Gasteiger partial charge in [0.1, 0.15) is 6.54 Å². The van der Waals surface area contributed by atoms with Gasteiger partial charge in [-0.2, -0.15) is 0 Å². The van der Waals surface area contributed by atoms with Gasteiger partial charge in [0.2, 0.25) is 0 Å². The van der Waals surface area contributed by atoms with Gasteiger partial charge in [0.05, 0.1) is 0 Å². The number of anilines is 1. The van der Waals surface area contributed by atoms with Crippen LogP contribution in [-0.4, -0.2) is 34.1 Å². The third kappa shape index (κ3) is 3.97. The molecule has 0 unspecified atom stereocenters. The highest BCUT2D eigenvalue weighted by molar-refractivity contribution is 5.73. The normalized spacial score (nSPS) is 10.3. The highest BCUT2D eigenvalue weighted by Gasteiger charge is 2.06. The highest BCUT2D eigenvalue weighted by Crippen LogP contribution is 2.15. The van der Waals surface area contributed by atoms with Gasteiger partial charge in [-0.25, -0.2) is 0 Å². The SMILES string of the molecule is O=C(O)CNc1ccccc1CC(O)O. The van der Waals surface area contributed by atoms with Gasteiger partial charge < -0.3 is 20.6 Å². The summed E-state index contributed by atoms with van der Waals surface area (Å²) in [6.45, 7) is -0.196. The van der Waals surface area contributed by atoms with E-state index >= 15 is 0 Å². The number of nitrogens with one attached hydrogen (secondary N) is 1. The van der Waals surface area contributed by atoms with Crippen LogP contribution < -0.4 is 5.32 Å². The third-order valence-electron chi connectivity index (χ3n) is 1.85. The fourth-order valence-corrected chi connectivity index (χ4v) is 1.24. The molecule has 0 spiro atoms. The quantitative estimate of drug-likeness (QED) is 0.516. The molecule has 1 aromatic carbocycles. The molecule has 0 aliphatic carbocycles. The molecule has 1 aromatic rings. The molecule has 15 heavy (non-hydrogen) atoms. The van der Waals surface area contributed by atoms with Crippen molar-refractivity contribution in [2.75, 3.05) is 11.9 Å². The van der Waals surface area contributed by atoms with E-state index in [1.54, 1.807) is 24.3 Å². The van der Waals surface area contributed by atoms with Gasteiger partial charge in [0, 0.05) is 12.1 Å². The lowest BCUT2D eigenvalue weighted by Crippen LogP contribution is -2.15. The smallest absolute Gasteiger partial charge is 0.322 e. The summed E-state index contributed by atoms with van der Waals surface area (Å²) in [5, 5.41) is 28.8. The lowest BCUT2D eigenvalue weighted by atomic mass is 10.1. The molecule has 0 heterocycles. The van der Waals surface area contributed by atoms with Crippen molar-refractivity contribution < 1.29 is 20.1 Å². The second kappa shape index (κ2) is 5.33. The van der Waals surface area contributed by atoms with Gasteiger partial charge in [-0.3, -0.25) is 4.79 Å². The zero-order chi connectivity index (χ0) is 11.3. The van der Waals surface area contributed by atoms with Crippen LogP contribution in [0.2, 0.25) is 0 Å². The lowest BCUT2D eigenvalue weighted by molar-refractivity contribution is -0.134. The number of hydrogen-bond acceptors (Lipinski definition) is 4. The first-order valence-electron chi connectivity index (χ1n) is 4.49. The number of carboxylic acids is 1. The summed E-state index contributed by atoms with van der Waals surface area (Å²) in [6.07, 6.45) is -1.36. The van der Waals surface area contributed by atoms with Crippen LogP contribution >= 0.6 is 0 Å². The molecule has 82 valence electrons. The third-order valence-corrected chi connectivity index (χ3v) is 1.85. The molecule has 0 aliphatic rings. The minimum atomic E-state index is -1.43. The zero-order valence-electron chi connectivity index (χ0n) is 8.05. The van der Waals surface area contributed by atoms with Crippen molar-refractivity contribution in [2.24, 2.45) is 0 Å². The van der Waals surface area contributed by atoms with Crippen molar-refractivity contribution in [3.8, 4) is 0 Å². The number of aliphatic hydroxyl groups excluding tert-OH is 1. The van der Waals surface area contributed by atoms with Crippen LogP contribution in [0.4, 0.5) is 5.69 Å². The summed E-state index contributed by atoms with van der Waals surface area (Å²) >= 11 is 0. The van der Waals surface area contributed by atoms with Crippen molar-refractivity contribution in [3.63, 3.8) is 0 Å². The van der Waals surface area contributed by atoms with Crippen LogP contribution in [0.1, 0.15) is 5.56 Å². The van der Waals surface area contributed by atoms with E-state index in [1.807, 2.05) is 0 Å². The Balaban J connectivity index is 2.72. The predicted molar refractivity (Wildman–Crippen MR) is 54.5 cm³/mol. The molecule has 0 bridgehead atoms. The van der Waals surface area contributed by atoms with Gasteiger partial charge >= 0.3 is 5.97 Å². The molecule has 5 heteroatoms. The van der Waals surface area contributed by atoms with E-state index < -0.39 is 12.3 Å². The van der Waals surface area contributed by atoms with Crippen molar-refractivity contribution in [2.45, 2.75) is 12.7 Å². The largest absolute Gasteiger partial charge is 0.480 e. The fraction of sp³-hybridized carbons (Fsp3) is 0.300. The second-order valence-electron chi connectivity index (χ2n) is 3.09. The monoisotopic (exact) mass is 211 g/mol. The van der Waals surface area contributed by atoms with E-state index in [4.69, 9.17) is 15.3 Å². The van der Waals surface area contributed by atoms with E-state index in [2.05, 4.69) is 5.32 Å². The molecule has 1 rings (SSSR count). The number of benzene rings is 1. The first-order valence-corrected chi connectivity index (χ1v) is 4.49. The van der Waals surface area contributed by atoms with Crippen molar-refractivity contribution in [1.82, 2.24) is 0 Å². The highest BCUT2D eigenvalue weighted by atomic mass is 16.5. The van der Waals surface area contributed by atoms with Gasteiger partial charge in [0.25, 0.3) is 0 Å². The minimum absolute atomic E-state index is 0.0722. The van der Waals surface area contributed by atoms with E-state index in [-0.39, 0.29) is 13.0 Å². The Bertz CT molecular complexity index is 338. The van der Waals surface area contributed by atoms with Crippen LogP contribution in [0.5, 0.6) is 0 Å². The molecular formula is C10H13NO4. The predicted octanol–water partition coefficient (Wildman–Crippen LogP) is 0.0363. The summed E-state index contributed by atoms with van der Waals surface area (Å²) in [6, 6.07) is 6.91. The van der Waals surface area contributed by atoms with Crippen LogP contribution in [0, 0.1) is 0 Å². The molecule has 0 aliphatic heterocycles. The maximum Gasteiger partial charge on any atom is 0.322 e. The average Bonchev–Trinajstić information content (AvgIpc) is 2.15. The summed E-state index contributed by atoms with van der Waals surface area (Å²) in [7, 11) is 0. The maximum atomic E-state index is 10.3. The lowest BCUT2D eigenvalue weighted by Gasteiger charge is -2.11. The Morgan fingerprint density at radius 3 is 2.60 bits per heavy atom. The van der Waals surface area contributed by atoms with Gasteiger partial charge in [-0.1, -0.05) is 18.2 Å². The Kier molecular flexibility index (Phi) is 4.08. The Morgan fingerprint density at radius 1 is 1.33 bits per heavy atom. The fourth-order valence-electron chi connectivity index (χ4n) is 1.24. The van der Waals surface area contributed by atoms with E-state index in [9.17, 15) is 4.79 Å². The number of rotatable bonds is 5. The van der Waals surface area contributed by atoms with Crippen molar-refractivity contribution in [3.05, 3.63) is 29.8 Å². The molecule has 0 radical (unpaired) electrons. The number of para-hydroxylation sites is 1. The van der Waals surface area contributed by atoms with Crippen molar-refractivity contribution >= 4 is 11.7 Å². The van der Waals surface area contributed by atoms with Gasteiger partial charge in [-0.15, -0.1) is 0 Å². The number of aliphatic carboxylic acids is 1. The van der Waals surface area contributed by atoms with Gasteiger partial charge in [-0.05, 0) is 11.6 Å². The number of hydrogen-bond donors (Lipinski definition) is 4. The van der Waals surface area contributed by atoms with Crippen LogP contribution in [0.3, 0.4) is 0 Å². The molecule has 5 nitrogen and oxygen atoms in total. The molecular weight excluding hydrogens is 198 g/mol. The summed E-state index contributed by atoms with van der Waals surface area (Å²) in [4.78, 5) is 10.3. The van der Waals surface area contributed by atoms with Crippen LogP contribution in [0.15, 0.2) is 24.3 Å². The number of carbonyl (C=O) groups is 1. The van der Waals surface area contributed by atoms with Crippen LogP contribution in [-0.2, 0) is 11.2 Å².